The van der Waals surface area contributed by atoms with Crippen molar-refractivity contribution in [3.8, 4) is 0 Å². The summed E-state index contributed by atoms with van der Waals surface area (Å²) in [4.78, 5) is 5.55. The molecule has 4 heteroatoms. The van der Waals surface area contributed by atoms with Crippen molar-refractivity contribution >= 4 is 79.2 Å². The number of fused-ring (bicyclic) bond motifs is 11. The molecule has 0 atom stereocenters. The lowest BCUT2D eigenvalue weighted by molar-refractivity contribution is 0.332. The van der Waals surface area contributed by atoms with Crippen LogP contribution < -0.4 is 26.2 Å². The van der Waals surface area contributed by atoms with Crippen LogP contribution in [0.25, 0.3) is 21.9 Å². The third-order valence-corrected chi connectivity index (χ3v) is 20.0. The average Bonchev–Trinajstić information content (AvgIpc) is 3.79. The molecule has 0 unspecified atom stereocenters. The largest absolute Gasteiger partial charge is 0.454 e. The monoisotopic (exact) mass is 937 g/mol. The highest BCUT2D eigenvalue weighted by molar-refractivity contribution is 7.00. The lowest BCUT2D eigenvalue weighted by Crippen LogP contribution is -2.61. The van der Waals surface area contributed by atoms with E-state index in [1.54, 1.807) is 0 Å². The molecule has 0 N–H and O–H groups in total. The Morgan fingerprint density at radius 1 is 0.465 bits per heavy atom. The first-order valence-electron chi connectivity index (χ1n) is 27.7. The maximum Gasteiger partial charge on any atom is 0.252 e. The first kappa shape index (κ1) is 45.6. The smallest absolute Gasteiger partial charge is 0.252 e. The normalized spacial score (nSPS) is 21.6. The number of rotatable bonds is 3. The number of furan rings is 1. The van der Waals surface area contributed by atoms with E-state index in [1.165, 1.54) is 169 Å². The first-order valence-corrected chi connectivity index (χ1v) is 27.7. The van der Waals surface area contributed by atoms with Crippen molar-refractivity contribution in [1.29, 1.82) is 0 Å². The molecule has 6 aliphatic rings. The molecule has 71 heavy (non-hydrogen) atoms. The summed E-state index contributed by atoms with van der Waals surface area (Å²) in [5.74, 6) is 0.505. The van der Waals surface area contributed by atoms with Crippen LogP contribution in [0.4, 0.5) is 34.1 Å². The Morgan fingerprint density at radius 3 is 1.55 bits per heavy atom. The summed E-state index contributed by atoms with van der Waals surface area (Å²) in [7, 11) is 0. The van der Waals surface area contributed by atoms with Crippen LogP contribution in [0.1, 0.15) is 203 Å². The van der Waals surface area contributed by atoms with Crippen molar-refractivity contribution in [2.45, 2.75) is 200 Å². The van der Waals surface area contributed by atoms with E-state index in [4.69, 9.17) is 4.42 Å². The minimum Gasteiger partial charge on any atom is -0.454 e. The predicted octanol–water partition coefficient (Wildman–Crippen LogP) is 17.0. The van der Waals surface area contributed by atoms with Gasteiger partial charge >= 0.3 is 0 Å². The fourth-order valence-electron chi connectivity index (χ4n) is 15.8. The van der Waals surface area contributed by atoms with Crippen molar-refractivity contribution < 1.29 is 4.42 Å². The van der Waals surface area contributed by atoms with Gasteiger partial charge in [0.2, 0.25) is 0 Å². The molecule has 6 aromatic carbocycles. The van der Waals surface area contributed by atoms with Gasteiger partial charge < -0.3 is 14.2 Å². The van der Waals surface area contributed by atoms with Gasteiger partial charge in [-0.2, -0.15) is 0 Å². The fraction of sp³-hybridized carbons (Fsp3) is 0.463. The molecule has 7 aromatic rings. The lowest BCUT2D eigenvalue weighted by atomic mass is 9.33. The maximum absolute atomic E-state index is 7.30. The third-order valence-electron chi connectivity index (χ3n) is 20.0. The van der Waals surface area contributed by atoms with E-state index < -0.39 is 0 Å². The number of aryl methyl sites for hydroxylation is 2. The highest BCUT2D eigenvalue weighted by atomic mass is 16.3. The minimum atomic E-state index is 0.00180. The number of benzene rings is 6. The van der Waals surface area contributed by atoms with Crippen LogP contribution in [-0.2, 0) is 32.5 Å². The Balaban J connectivity index is 1.20. The van der Waals surface area contributed by atoms with Gasteiger partial charge in [-0.1, -0.05) is 151 Å². The summed E-state index contributed by atoms with van der Waals surface area (Å²) >= 11 is 0. The van der Waals surface area contributed by atoms with Gasteiger partial charge in [-0.15, -0.1) is 0 Å². The molecule has 1 fully saturated rings. The zero-order chi connectivity index (χ0) is 49.7. The van der Waals surface area contributed by atoms with Crippen LogP contribution in [0.15, 0.2) is 89.3 Å². The zero-order valence-electron chi connectivity index (χ0n) is 45.6. The van der Waals surface area contributed by atoms with Gasteiger partial charge in [-0.25, -0.2) is 0 Å². The van der Waals surface area contributed by atoms with Crippen LogP contribution in [0.5, 0.6) is 0 Å². The molecule has 2 aliphatic heterocycles. The number of nitrogens with zero attached hydrogens (tertiary/aromatic N) is 2. The summed E-state index contributed by atoms with van der Waals surface area (Å²) < 4.78 is 7.30. The highest BCUT2D eigenvalue weighted by Gasteiger charge is 2.50. The number of hydrogen-bond donors (Lipinski definition) is 0. The predicted molar refractivity (Wildman–Crippen MR) is 304 cm³/mol. The van der Waals surface area contributed by atoms with E-state index in [0.717, 1.165) is 17.6 Å². The van der Waals surface area contributed by atoms with Crippen LogP contribution in [0.3, 0.4) is 0 Å². The van der Waals surface area contributed by atoms with E-state index in [-0.39, 0.29) is 39.2 Å². The van der Waals surface area contributed by atoms with Crippen molar-refractivity contribution in [2.75, 3.05) is 9.80 Å². The standard InChI is InChI=1S/C67H77BN2O/c1-39-30-45-48(64(7,8)28-26-62(45,3)4)35-53(39)69-55-37-50-47(66(11,12)38-67(50,13)14)34-52(55)68-51-25-24-44-43-22-18-19-23-58(43)71-61(44)60(51)70(57-33-42(32-56(69)59(57)68)41-20-16-15-17-21-41)54-36-49-46(31-40(54)2)63(5,6)27-29-65(49,9)10/h18-19,22-25,30-37,41H,15-17,20-21,26-29,38H2,1-14H3. The Kier molecular flexibility index (Phi) is 9.47. The molecular formula is C67H77BN2O. The highest BCUT2D eigenvalue weighted by Crippen LogP contribution is 2.57. The second-order valence-electron chi connectivity index (χ2n) is 27.7. The van der Waals surface area contributed by atoms with Gasteiger partial charge in [0, 0.05) is 39.2 Å². The van der Waals surface area contributed by atoms with Gasteiger partial charge in [-0.05, 0) is 200 Å². The summed E-state index contributed by atoms with van der Waals surface area (Å²) in [5.41, 5.74) is 27.7. The third kappa shape index (κ3) is 6.46. The van der Waals surface area contributed by atoms with E-state index in [1.807, 2.05) is 0 Å². The molecule has 0 spiro atoms. The summed E-state index contributed by atoms with van der Waals surface area (Å²) in [6.07, 6.45) is 12.3. The van der Waals surface area contributed by atoms with Gasteiger partial charge in [-0.3, -0.25) is 0 Å². The molecule has 0 amide bonds. The topological polar surface area (TPSA) is 19.6 Å². The van der Waals surface area contributed by atoms with Crippen LogP contribution >= 0.6 is 0 Å². The molecule has 364 valence electrons. The number of hydrogen-bond acceptors (Lipinski definition) is 3. The van der Waals surface area contributed by atoms with Crippen LogP contribution in [0, 0.1) is 13.8 Å². The molecule has 3 heterocycles. The van der Waals surface area contributed by atoms with Gasteiger partial charge in [0.05, 0.1) is 5.69 Å². The van der Waals surface area contributed by atoms with Crippen LogP contribution in [-0.4, -0.2) is 6.71 Å². The Morgan fingerprint density at radius 2 is 0.958 bits per heavy atom. The van der Waals surface area contributed by atoms with Crippen molar-refractivity contribution in [3.63, 3.8) is 0 Å². The Labute approximate surface area is 425 Å². The van der Waals surface area contributed by atoms with Gasteiger partial charge in [0.25, 0.3) is 6.71 Å². The summed E-state index contributed by atoms with van der Waals surface area (Å²) in [5, 5.41) is 2.38. The molecule has 0 saturated heterocycles. The average molecular weight is 937 g/mol. The molecule has 1 saturated carbocycles. The zero-order valence-corrected chi connectivity index (χ0v) is 45.6. The number of anilines is 6. The van der Waals surface area contributed by atoms with Crippen molar-refractivity contribution in [2.24, 2.45) is 0 Å². The molecule has 13 rings (SSSR count). The molecule has 3 nitrogen and oxygen atoms in total. The molecule has 0 radical (unpaired) electrons. The van der Waals surface area contributed by atoms with Crippen LogP contribution in [0.2, 0.25) is 0 Å². The van der Waals surface area contributed by atoms with Gasteiger partial charge in [0.15, 0.2) is 5.58 Å². The van der Waals surface area contributed by atoms with Gasteiger partial charge in [0.1, 0.15) is 5.58 Å². The second kappa shape index (κ2) is 14.7. The van der Waals surface area contributed by atoms with Crippen molar-refractivity contribution in [3.05, 3.63) is 135 Å². The summed E-state index contributed by atoms with van der Waals surface area (Å²) in [6, 6.07) is 34.9. The Hall–Kier alpha value is -5.22. The maximum atomic E-state index is 7.30. The first-order chi connectivity index (χ1) is 33.5. The number of para-hydroxylation sites is 1. The fourth-order valence-corrected chi connectivity index (χ4v) is 15.8. The Bertz CT molecular complexity index is 3440. The molecule has 0 bridgehead atoms. The second-order valence-corrected chi connectivity index (χ2v) is 27.7. The molecule has 1 aromatic heterocycles. The lowest BCUT2D eigenvalue weighted by Gasteiger charge is -2.47. The van der Waals surface area contributed by atoms with E-state index in [2.05, 4.69) is 192 Å². The SMILES string of the molecule is Cc1cc2c(cc1N1c3cc4c(cc3B3c5ccc6c(oc7ccccc76)c5N(c5cc6c(cc5C)C(C)(C)CCC6(C)C)c5cc(C6CCCCC6)cc1c53)C(C)(C)CC4(C)C)C(C)(C)CCC2(C)C. The molecular weight excluding hydrogens is 860 g/mol. The van der Waals surface area contributed by atoms with E-state index >= 15 is 0 Å². The minimum absolute atomic E-state index is 0.00180. The van der Waals surface area contributed by atoms with E-state index in [0.29, 0.717) is 5.92 Å². The molecule has 4 aliphatic carbocycles. The van der Waals surface area contributed by atoms with Crippen molar-refractivity contribution in [1.82, 2.24) is 0 Å². The van der Waals surface area contributed by atoms with E-state index in [9.17, 15) is 0 Å². The quantitative estimate of drug-likeness (QED) is 0.165. The summed E-state index contributed by atoms with van der Waals surface area (Å²) in [6.45, 7) is 34.7.